The van der Waals surface area contributed by atoms with Gasteiger partial charge < -0.3 is 10.1 Å². The van der Waals surface area contributed by atoms with Crippen LogP contribution in [-0.4, -0.2) is 34.7 Å². The number of hydrogen-bond donors (Lipinski definition) is 2. The van der Waals surface area contributed by atoms with Crippen molar-refractivity contribution < 1.29 is 13.2 Å². The van der Waals surface area contributed by atoms with E-state index in [0.717, 1.165) is 23.5 Å². The van der Waals surface area contributed by atoms with E-state index in [4.69, 9.17) is 4.74 Å². The van der Waals surface area contributed by atoms with E-state index in [1.54, 1.807) is 6.07 Å². The molecule has 2 N–H and O–H groups in total. The maximum absolute atomic E-state index is 12.3. The normalized spacial score (nSPS) is 23.4. The maximum atomic E-state index is 12.3. The third kappa shape index (κ3) is 3.59. The first-order valence-electron chi connectivity index (χ1n) is 6.79. The Morgan fingerprint density at radius 1 is 1.50 bits per heavy atom. The topological polar surface area (TPSA) is 67.4 Å². The highest BCUT2D eigenvalue weighted by Gasteiger charge is 2.27. The van der Waals surface area contributed by atoms with E-state index in [1.165, 1.54) is 11.3 Å². The molecular weight excluding hydrogens is 296 g/mol. The molecule has 1 saturated heterocycles. The lowest BCUT2D eigenvalue weighted by Gasteiger charge is -2.14. The minimum absolute atomic E-state index is 0.127. The molecule has 0 aliphatic carbocycles. The van der Waals surface area contributed by atoms with Gasteiger partial charge in [-0.2, -0.15) is 0 Å². The number of hydrogen-bond acceptors (Lipinski definition) is 5. The molecule has 1 fully saturated rings. The van der Waals surface area contributed by atoms with Gasteiger partial charge in [0.25, 0.3) is 0 Å². The van der Waals surface area contributed by atoms with Crippen LogP contribution in [0.3, 0.4) is 0 Å². The summed E-state index contributed by atoms with van der Waals surface area (Å²) in [6, 6.07) is 1.74. The van der Waals surface area contributed by atoms with Gasteiger partial charge in [0.15, 0.2) is 0 Å². The minimum atomic E-state index is -3.41. The van der Waals surface area contributed by atoms with Crippen LogP contribution >= 0.6 is 11.3 Å². The van der Waals surface area contributed by atoms with Crippen molar-refractivity contribution >= 4 is 21.4 Å². The van der Waals surface area contributed by atoms with E-state index in [-0.39, 0.29) is 12.0 Å². The highest BCUT2D eigenvalue weighted by molar-refractivity contribution is 7.91. The van der Waals surface area contributed by atoms with Gasteiger partial charge >= 0.3 is 0 Å². The van der Waals surface area contributed by atoms with Crippen molar-refractivity contribution in [3.8, 4) is 0 Å². The van der Waals surface area contributed by atoms with Gasteiger partial charge in [-0.1, -0.05) is 0 Å². The zero-order valence-electron chi connectivity index (χ0n) is 12.1. The summed E-state index contributed by atoms with van der Waals surface area (Å²) in [6.07, 6.45) is 1.04. The molecule has 20 heavy (non-hydrogen) atoms. The number of ether oxygens (including phenoxy) is 1. The molecule has 0 spiro atoms. The average Bonchev–Trinajstić information content (AvgIpc) is 2.95. The second-order valence-electron chi connectivity index (χ2n) is 5.18. The minimum Gasteiger partial charge on any atom is -0.378 e. The van der Waals surface area contributed by atoms with Gasteiger partial charge in [-0.25, -0.2) is 13.1 Å². The van der Waals surface area contributed by atoms with Crippen LogP contribution in [0.25, 0.3) is 0 Å². The Morgan fingerprint density at radius 2 is 2.25 bits per heavy atom. The molecule has 1 aliphatic rings. The molecule has 1 aromatic heterocycles. The van der Waals surface area contributed by atoms with Gasteiger partial charge in [0.1, 0.15) is 4.21 Å². The van der Waals surface area contributed by atoms with Crippen molar-refractivity contribution in [1.29, 1.82) is 0 Å². The van der Waals surface area contributed by atoms with Crippen LogP contribution in [-0.2, 0) is 21.3 Å². The van der Waals surface area contributed by atoms with Crippen LogP contribution in [0.15, 0.2) is 10.3 Å². The van der Waals surface area contributed by atoms with Crippen LogP contribution in [0, 0.1) is 12.8 Å². The van der Waals surface area contributed by atoms with Crippen LogP contribution in [0.2, 0.25) is 0 Å². The van der Waals surface area contributed by atoms with Gasteiger partial charge in [-0.3, -0.25) is 0 Å². The molecule has 0 aromatic carbocycles. The number of aryl methyl sites for hydroxylation is 1. The van der Waals surface area contributed by atoms with Crippen molar-refractivity contribution in [3.05, 3.63) is 16.5 Å². The van der Waals surface area contributed by atoms with Gasteiger partial charge in [0.05, 0.1) is 6.10 Å². The summed E-state index contributed by atoms with van der Waals surface area (Å²) >= 11 is 1.33. The Labute approximate surface area is 124 Å². The molecule has 114 valence electrons. The fourth-order valence-electron chi connectivity index (χ4n) is 2.29. The molecule has 1 aromatic rings. The van der Waals surface area contributed by atoms with Gasteiger partial charge in [-0.15, -0.1) is 11.3 Å². The lowest BCUT2D eigenvalue weighted by molar-refractivity contribution is 0.107. The molecule has 2 rings (SSSR count). The van der Waals surface area contributed by atoms with Crippen LogP contribution in [0.1, 0.15) is 23.8 Å². The highest BCUT2D eigenvalue weighted by Crippen LogP contribution is 2.26. The monoisotopic (exact) mass is 318 g/mol. The Bertz CT molecular complexity index is 554. The second kappa shape index (κ2) is 6.53. The predicted molar refractivity (Wildman–Crippen MR) is 80.5 cm³/mol. The first-order chi connectivity index (χ1) is 9.44. The Balaban J connectivity index is 2.04. The summed E-state index contributed by atoms with van der Waals surface area (Å²) in [4.78, 5) is 1.06. The molecule has 2 unspecified atom stereocenters. The number of nitrogens with one attached hydrogen (secondary N) is 2. The first-order valence-corrected chi connectivity index (χ1v) is 9.09. The van der Waals surface area contributed by atoms with Gasteiger partial charge in [-0.05, 0) is 38.9 Å². The quantitative estimate of drug-likeness (QED) is 0.834. The van der Waals surface area contributed by atoms with Gasteiger partial charge in [0.2, 0.25) is 10.0 Å². The van der Waals surface area contributed by atoms with E-state index in [1.807, 2.05) is 20.9 Å². The summed E-state index contributed by atoms with van der Waals surface area (Å²) in [7, 11) is -1.55. The average molecular weight is 318 g/mol. The molecule has 0 amide bonds. The van der Waals surface area contributed by atoms with Crippen molar-refractivity contribution in [2.45, 2.75) is 37.1 Å². The van der Waals surface area contributed by atoms with Crippen molar-refractivity contribution in [2.75, 3.05) is 20.2 Å². The number of sulfonamides is 1. The molecular formula is C13H22N2O3S2. The maximum Gasteiger partial charge on any atom is 0.250 e. The van der Waals surface area contributed by atoms with Crippen LogP contribution in [0.4, 0.5) is 0 Å². The molecule has 2 heterocycles. The highest BCUT2D eigenvalue weighted by atomic mass is 32.2. The molecule has 0 saturated carbocycles. The second-order valence-corrected chi connectivity index (χ2v) is 8.31. The van der Waals surface area contributed by atoms with Crippen molar-refractivity contribution in [2.24, 2.45) is 5.92 Å². The van der Waals surface area contributed by atoms with Crippen molar-refractivity contribution in [3.63, 3.8) is 0 Å². The van der Waals surface area contributed by atoms with Gasteiger partial charge in [0, 0.05) is 30.5 Å². The van der Waals surface area contributed by atoms with E-state index < -0.39 is 10.0 Å². The standard InChI is InChI=1S/C13H22N2O3S2/c1-9-6-13(19-12(9)8-14-3)20(16,17)15-7-11-4-5-18-10(11)2/h6,10-11,14-15H,4-5,7-8H2,1-3H3. The molecule has 0 radical (unpaired) electrons. The third-order valence-corrected chi connectivity index (χ3v) is 6.80. The zero-order chi connectivity index (χ0) is 14.8. The molecule has 5 nitrogen and oxygen atoms in total. The molecule has 0 bridgehead atoms. The molecule has 2 atom stereocenters. The first kappa shape index (κ1) is 15.9. The van der Waals surface area contributed by atoms with E-state index in [9.17, 15) is 8.42 Å². The van der Waals surface area contributed by atoms with Crippen LogP contribution in [0.5, 0.6) is 0 Å². The summed E-state index contributed by atoms with van der Waals surface area (Å²) in [5, 5.41) is 3.05. The lowest BCUT2D eigenvalue weighted by Crippen LogP contribution is -2.31. The lowest BCUT2D eigenvalue weighted by atomic mass is 10.0. The Kier molecular flexibility index (Phi) is 5.19. The smallest absolute Gasteiger partial charge is 0.250 e. The summed E-state index contributed by atoms with van der Waals surface area (Å²) in [5.41, 5.74) is 1.02. The van der Waals surface area contributed by atoms with Crippen LogP contribution < -0.4 is 10.0 Å². The third-order valence-electron chi connectivity index (χ3n) is 3.67. The Hall–Kier alpha value is -0.470. The largest absolute Gasteiger partial charge is 0.378 e. The molecule has 1 aliphatic heterocycles. The molecule has 7 heteroatoms. The summed E-state index contributed by atoms with van der Waals surface area (Å²) < 4.78 is 33.2. The number of rotatable bonds is 6. The van der Waals surface area contributed by atoms with E-state index in [0.29, 0.717) is 17.3 Å². The summed E-state index contributed by atoms with van der Waals surface area (Å²) in [6.45, 7) is 5.79. The van der Waals surface area contributed by atoms with E-state index >= 15 is 0 Å². The SMILES string of the molecule is CNCc1sc(S(=O)(=O)NCC2CCOC2C)cc1C. The van der Waals surface area contributed by atoms with Crippen molar-refractivity contribution in [1.82, 2.24) is 10.0 Å². The predicted octanol–water partition coefficient (Wildman–Crippen LogP) is 1.48. The Morgan fingerprint density at radius 3 is 2.85 bits per heavy atom. The fraction of sp³-hybridized carbons (Fsp3) is 0.692. The summed E-state index contributed by atoms with van der Waals surface area (Å²) in [5.74, 6) is 0.266. The zero-order valence-corrected chi connectivity index (χ0v) is 13.7. The van der Waals surface area contributed by atoms with E-state index in [2.05, 4.69) is 10.0 Å². The fourth-order valence-corrected chi connectivity index (χ4v) is 5.03. The number of thiophene rings is 1.